The SMILES string of the molecule is COc1ccc2c(/C(N)=C/N(N)c3ccc(C(=O)N4CCOCC4)cc3)n[nH]c2c1. The molecule has 0 unspecified atom stereocenters. The number of carbonyl (C=O) groups is 1. The fraction of sp³-hybridized carbons (Fsp3) is 0.238. The molecule has 1 aliphatic heterocycles. The molecule has 0 saturated carbocycles. The van der Waals surface area contributed by atoms with E-state index in [1.807, 2.05) is 18.2 Å². The number of morpholine rings is 1. The van der Waals surface area contributed by atoms with Crippen molar-refractivity contribution >= 4 is 28.2 Å². The van der Waals surface area contributed by atoms with E-state index in [0.717, 1.165) is 16.7 Å². The number of rotatable bonds is 5. The minimum Gasteiger partial charge on any atom is -0.497 e. The van der Waals surface area contributed by atoms with Crippen molar-refractivity contribution < 1.29 is 14.3 Å². The lowest BCUT2D eigenvalue weighted by Gasteiger charge is -2.27. The molecule has 1 amide bonds. The Morgan fingerprint density at radius 3 is 2.67 bits per heavy atom. The van der Waals surface area contributed by atoms with Crippen molar-refractivity contribution in [3.8, 4) is 5.75 Å². The molecule has 9 nitrogen and oxygen atoms in total. The molecule has 1 aromatic heterocycles. The van der Waals surface area contributed by atoms with E-state index in [0.29, 0.717) is 48.9 Å². The number of aromatic nitrogens is 2. The summed E-state index contributed by atoms with van der Waals surface area (Å²) in [4.78, 5) is 14.3. The maximum absolute atomic E-state index is 12.6. The fourth-order valence-corrected chi connectivity index (χ4v) is 3.36. The minimum atomic E-state index is -0.0121. The van der Waals surface area contributed by atoms with Gasteiger partial charge in [-0.15, -0.1) is 0 Å². The van der Waals surface area contributed by atoms with Crippen LogP contribution in [0.2, 0.25) is 0 Å². The number of anilines is 1. The lowest BCUT2D eigenvalue weighted by Crippen LogP contribution is -2.40. The van der Waals surface area contributed by atoms with Crippen molar-refractivity contribution in [2.45, 2.75) is 0 Å². The standard InChI is InChI=1S/C21H24N6O3/c1-29-16-6-7-17-19(12-16)24-25-20(17)18(22)13-27(23)15-4-2-14(3-5-15)21(28)26-8-10-30-11-9-26/h2-7,12-13H,8-11,22-23H2,1H3,(H,24,25)/b18-13-. The molecule has 0 atom stereocenters. The van der Waals surface area contributed by atoms with Crippen LogP contribution in [0.25, 0.3) is 16.6 Å². The molecule has 2 heterocycles. The second kappa shape index (κ2) is 8.44. The van der Waals surface area contributed by atoms with Crippen molar-refractivity contribution in [2.75, 3.05) is 38.4 Å². The number of nitrogens with two attached hydrogens (primary N) is 2. The summed E-state index contributed by atoms with van der Waals surface area (Å²) < 4.78 is 10.5. The maximum Gasteiger partial charge on any atom is 0.254 e. The fourth-order valence-electron chi connectivity index (χ4n) is 3.36. The van der Waals surface area contributed by atoms with Gasteiger partial charge in [0.2, 0.25) is 0 Å². The summed E-state index contributed by atoms with van der Waals surface area (Å²) in [7, 11) is 1.61. The quantitative estimate of drug-likeness (QED) is 0.434. The van der Waals surface area contributed by atoms with E-state index in [9.17, 15) is 4.79 Å². The van der Waals surface area contributed by atoms with Gasteiger partial charge in [-0.25, -0.2) is 5.84 Å². The number of hydrogen-bond acceptors (Lipinski definition) is 7. The third-order valence-electron chi connectivity index (χ3n) is 5.03. The zero-order valence-corrected chi connectivity index (χ0v) is 16.7. The number of hydrazine groups is 1. The molecule has 0 radical (unpaired) electrons. The normalized spacial score (nSPS) is 14.7. The van der Waals surface area contributed by atoms with Gasteiger partial charge in [0.15, 0.2) is 0 Å². The maximum atomic E-state index is 12.6. The number of fused-ring (bicyclic) bond motifs is 1. The van der Waals surface area contributed by atoms with Crippen LogP contribution >= 0.6 is 0 Å². The second-order valence-corrected chi connectivity index (χ2v) is 6.93. The third kappa shape index (κ3) is 3.93. The van der Waals surface area contributed by atoms with E-state index in [1.54, 1.807) is 42.5 Å². The first-order valence-corrected chi connectivity index (χ1v) is 9.57. The molecule has 30 heavy (non-hydrogen) atoms. The van der Waals surface area contributed by atoms with E-state index in [2.05, 4.69) is 10.2 Å². The lowest BCUT2D eigenvalue weighted by molar-refractivity contribution is 0.0303. The number of carbonyl (C=O) groups excluding carboxylic acids is 1. The predicted molar refractivity (Wildman–Crippen MR) is 115 cm³/mol. The van der Waals surface area contributed by atoms with Crippen molar-refractivity contribution in [2.24, 2.45) is 11.6 Å². The van der Waals surface area contributed by atoms with Crippen LogP contribution in [0, 0.1) is 0 Å². The lowest BCUT2D eigenvalue weighted by atomic mass is 10.1. The van der Waals surface area contributed by atoms with Gasteiger partial charge in [-0.2, -0.15) is 5.10 Å². The highest BCUT2D eigenvalue weighted by molar-refractivity contribution is 5.95. The molecule has 1 aliphatic rings. The Kier molecular flexibility index (Phi) is 5.55. The summed E-state index contributed by atoms with van der Waals surface area (Å²) in [6, 6.07) is 12.7. The molecule has 0 spiro atoms. The Balaban J connectivity index is 1.50. The van der Waals surface area contributed by atoms with Crippen LogP contribution in [0.1, 0.15) is 16.1 Å². The number of H-pyrrole nitrogens is 1. The summed E-state index contributed by atoms with van der Waals surface area (Å²) in [6.07, 6.45) is 1.60. The van der Waals surface area contributed by atoms with E-state index < -0.39 is 0 Å². The molecule has 1 fully saturated rings. The third-order valence-corrected chi connectivity index (χ3v) is 5.03. The van der Waals surface area contributed by atoms with E-state index in [4.69, 9.17) is 21.1 Å². The summed E-state index contributed by atoms with van der Waals surface area (Å²) in [5.41, 5.74) is 9.36. The largest absolute Gasteiger partial charge is 0.497 e. The first-order chi connectivity index (χ1) is 14.6. The number of nitrogens with one attached hydrogen (secondary N) is 1. The Hall–Kier alpha value is -3.56. The number of ether oxygens (including phenoxy) is 2. The van der Waals surface area contributed by atoms with Crippen LogP contribution in [-0.4, -0.2) is 54.4 Å². The highest BCUT2D eigenvalue weighted by atomic mass is 16.5. The average molecular weight is 408 g/mol. The Morgan fingerprint density at radius 2 is 1.97 bits per heavy atom. The molecule has 0 aliphatic carbocycles. The van der Waals surface area contributed by atoms with Crippen molar-refractivity contribution in [3.05, 3.63) is 59.9 Å². The molecular formula is C21H24N6O3. The Labute approximate surface area is 173 Å². The van der Waals surface area contributed by atoms with Crippen LogP contribution in [-0.2, 0) is 4.74 Å². The van der Waals surface area contributed by atoms with Crippen molar-refractivity contribution in [1.29, 1.82) is 0 Å². The van der Waals surface area contributed by atoms with Crippen LogP contribution < -0.4 is 21.3 Å². The first-order valence-electron chi connectivity index (χ1n) is 9.57. The van der Waals surface area contributed by atoms with Gasteiger partial charge in [-0.1, -0.05) is 0 Å². The predicted octanol–water partition coefficient (Wildman–Crippen LogP) is 1.68. The first kappa shape index (κ1) is 19.7. The Bertz CT molecular complexity index is 1070. The van der Waals surface area contributed by atoms with Gasteiger partial charge in [0.25, 0.3) is 5.91 Å². The number of hydrogen-bond donors (Lipinski definition) is 3. The van der Waals surface area contributed by atoms with Gasteiger partial charge in [-0.05, 0) is 36.4 Å². The van der Waals surface area contributed by atoms with Gasteiger partial charge >= 0.3 is 0 Å². The van der Waals surface area contributed by atoms with E-state index in [-0.39, 0.29) is 5.91 Å². The molecule has 4 rings (SSSR count). The van der Waals surface area contributed by atoms with Crippen molar-refractivity contribution in [3.63, 3.8) is 0 Å². The summed E-state index contributed by atoms with van der Waals surface area (Å²) in [5.74, 6) is 6.88. The molecule has 2 aromatic carbocycles. The van der Waals surface area contributed by atoms with E-state index >= 15 is 0 Å². The number of amides is 1. The zero-order valence-electron chi connectivity index (χ0n) is 16.7. The average Bonchev–Trinajstić information content (AvgIpc) is 3.22. The smallest absolute Gasteiger partial charge is 0.254 e. The van der Waals surface area contributed by atoms with Crippen LogP contribution in [0.5, 0.6) is 5.75 Å². The van der Waals surface area contributed by atoms with Gasteiger partial charge < -0.3 is 20.1 Å². The molecule has 1 saturated heterocycles. The zero-order chi connectivity index (χ0) is 21.1. The van der Waals surface area contributed by atoms with Crippen LogP contribution in [0.15, 0.2) is 48.7 Å². The number of methoxy groups -OCH3 is 1. The summed E-state index contributed by atoms with van der Waals surface area (Å²) in [6.45, 7) is 2.34. The molecule has 156 valence electrons. The molecule has 0 bridgehead atoms. The highest BCUT2D eigenvalue weighted by Crippen LogP contribution is 2.25. The second-order valence-electron chi connectivity index (χ2n) is 6.93. The van der Waals surface area contributed by atoms with E-state index in [1.165, 1.54) is 5.01 Å². The Morgan fingerprint density at radius 1 is 1.23 bits per heavy atom. The van der Waals surface area contributed by atoms with Crippen molar-refractivity contribution in [1.82, 2.24) is 15.1 Å². The summed E-state index contributed by atoms with van der Waals surface area (Å²) >= 11 is 0. The monoisotopic (exact) mass is 408 g/mol. The number of nitrogens with zero attached hydrogens (tertiary/aromatic N) is 3. The topological polar surface area (TPSA) is 123 Å². The van der Waals surface area contributed by atoms with Gasteiger partial charge in [0.05, 0.1) is 37.2 Å². The molecule has 3 aromatic rings. The van der Waals surface area contributed by atoms with Gasteiger partial charge in [-0.3, -0.25) is 14.9 Å². The minimum absolute atomic E-state index is 0.0121. The molecular weight excluding hydrogens is 384 g/mol. The summed E-state index contributed by atoms with van der Waals surface area (Å²) in [5, 5.41) is 9.51. The van der Waals surface area contributed by atoms with Crippen LogP contribution in [0.3, 0.4) is 0 Å². The van der Waals surface area contributed by atoms with Gasteiger partial charge in [0, 0.05) is 36.3 Å². The highest BCUT2D eigenvalue weighted by Gasteiger charge is 2.18. The van der Waals surface area contributed by atoms with Crippen LogP contribution in [0.4, 0.5) is 5.69 Å². The number of benzene rings is 2. The molecule has 9 heteroatoms. The number of aromatic amines is 1. The van der Waals surface area contributed by atoms with Gasteiger partial charge in [0.1, 0.15) is 11.4 Å². The molecule has 5 N–H and O–H groups in total.